The molecule has 94 valence electrons. The van der Waals surface area contributed by atoms with Crippen LogP contribution in [-0.4, -0.2) is 19.3 Å². The summed E-state index contributed by atoms with van der Waals surface area (Å²) in [4.78, 5) is 1.02. The number of rotatable bonds is 3. The van der Waals surface area contributed by atoms with E-state index in [9.17, 15) is 8.78 Å². The third kappa shape index (κ3) is 2.80. The number of piperidine rings is 1. The Morgan fingerprint density at radius 2 is 2.00 bits per heavy atom. The van der Waals surface area contributed by atoms with Crippen molar-refractivity contribution in [2.45, 2.75) is 23.7 Å². The molecule has 1 nitrogen and oxygen atoms in total. The minimum Gasteiger partial charge on any atom is -0.316 e. The van der Waals surface area contributed by atoms with Gasteiger partial charge in [-0.15, -0.1) is 11.8 Å². The van der Waals surface area contributed by atoms with E-state index in [1.165, 1.54) is 0 Å². The van der Waals surface area contributed by atoms with Gasteiger partial charge in [-0.1, -0.05) is 12.1 Å². The molecule has 1 N–H and O–H groups in total. The van der Waals surface area contributed by atoms with E-state index in [0.717, 1.165) is 17.9 Å². The van der Waals surface area contributed by atoms with Crippen molar-refractivity contribution < 1.29 is 8.78 Å². The van der Waals surface area contributed by atoms with E-state index in [2.05, 4.69) is 5.32 Å². The van der Waals surface area contributed by atoms with Crippen LogP contribution in [0.15, 0.2) is 29.2 Å². The van der Waals surface area contributed by atoms with Gasteiger partial charge in [0.05, 0.1) is 0 Å². The van der Waals surface area contributed by atoms with Gasteiger partial charge in [0.2, 0.25) is 0 Å². The predicted molar refractivity (Wildman–Crippen MR) is 67.7 cm³/mol. The molecule has 1 aliphatic heterocycles. The highest BCUT2D eigenvalue weighted by molar-refractivity contribution is 7.98. The number of alkyl halides is 2. The lowest BCUT2D eigenvalue weighted by Gasteiger charge is -2.30. The van der Waals surface area contributed by atoms with E-state index in [1.54, 1.807) is 36.0 Å². The van der Waals surface area contributed by atoms with Gasteiger partial charge < -0.3 is 5.32 Å². The highest BCUT2D eigenvalue weighted by Gasteiger charge is 2.41. The van der Waals surface area contributed by atoms with Crippen molar-refractivity contribution in [1.29, 1.82) is 0 Å². The summed E-state index contributed by atoms with van der Waals surface area (Å²) in [5.41, 5.74) is 0.143. The topological polar surface area (TPSA) is 12.0 Å². The van der Waals surface area contributed by atoms with Gasteiger partial charge in [-0.2, -0.15) is 0 Å². The summed E-state index contributed by atoms with van der Waals surface area (Å²) in [5.74, 6) is -3.29. The lowest BCUT2D eigenvalue weighted by molar-refractivity contribution is -0.0725. The van der Waals surface area contributed by atoms with Crippen LogP contribution >= 0.6 is 11.8 Å². The number of benzene rings is 1. The highest BCUT2D eigenvalue weighted by atomic mass is 32.2. The SMILES string of the molecule is CSc1ccc(C(F)(F)C2CCCNC2)cc1. The first kappa shape index (κ1) is 12.8. The van der Waals surface area contributed by atoms with E-state index < -0.39 is 11.8 Å². The third-order valence-electron chi connectivity index (χ3n) is 3.28. The van der Waals surface area contributed by atoms with E-state index in [4.69, 9.17) is 0 Å². The fourth-order valence-corrected chi connectivity index (χ4v) is 2.62. The standard InChI is InChI=1S/C13H17F2NS/c1-17-12-6-4-10(5-7-12)13(14,15)11-3-2-8-16-9-11/h4-7,11,16H,2-3,8-9H2,1H3. The van der Waals surface area contributed by atoms with Crippen molar-refractivity contribution in [3.63, 3.8) is 0 Å². The minimum absolute atomic E-state index is 0.143. The molecule has 0 aliphatic carbocycles. The molecule has 1 unspecified atom stereocenters. The quantitative estimate of drug-likeness (QED) is 0.832. The van der Waals surface area contributed by atoms with E-state index in [-0.39, 0.29) is 5.56 Å². The first-order chi connectivity index (χ1) is 8.14. The van der Waals surface area contributed by atoms with Crippen LogP contribution in [-0.2, 0) is 5.92 Å². The Morgan fingerprint density at radius 1 is 1.29 bits per heavy atom. The van der Waals surface area contributed by atoms with Crippen LogP contribution in [0.2, 0.25) is 0 Å². The van der Waals surface area contributed by atoms with Crippen molar-refractivity contribution in [1.82, 2.24) is 5.32 Å². The van der Waals surface area contributed by atoms with E-state index in [0.29, 0.717) is 13.0 Å². The molecule has 0 bridgehead atoms. The monoisotopic (exact) mass is 257 g/mol. The average Bonchev–Trinajstić information content (AvgIpc) is 2.40. The maximum atomic E-state index is 14.2. The molecule has 0 aromatic heterocycles. The van der Waals surface area contributed by atoms with Crippen LogP contribution in [0.4, 0.5) is 8.78 Å². The summed E-state index contributed by atoms with van der Waals surface area (Å²) in [5, 5.41) is 3.05. The zero-order chi connectivity index (χ0) is 12.3. The van der Waals surface area contributed by atoms with Crippen molar-refractivity contribution in [3.05, 3.63) is 29.8 Å². The minimum atomic E-state index is -2.72. The van der Waals surface area contributed by atoms with Crippen LogP contribution in [0.5, 0.6) is 0 Å². The highest BCUT2D eigenvalue weighted by Crippen LogP contribution is 2.39. The van der Waals surface area contributed by atoms with Gasteiger partial charge in [0, 0.05) is 22.9 Å². The molecule has 1 fully saturated rings. The van der Waals surface area contributed by atoms with Crippen LogP contribution in [0, 0.1) is 5.92 Å². The largest absolute Gasteiger partial charge is 0.316 e. The van der Waals surface area contributed by atoms with E-state index >= 15 is 0 Å². The molecule has 0 amide bonds. The number of halogens is 2. The number of thioether (sulfide) groups is 1. The van der Waals surface area contributed by atoms with Gasteiger partial charge in [-0.3, -0.25) is 0 Å². The Balaban J connectivity index is 2.17. The van der Waals surface area contributed by atoms with Gasteiger partial charge in [0.25, 0.3) is 5.92 Å². The molecule has 0 radical (unpaired) electrons. The normalized spacial score (nSPS) is 21.5. The number of hydrogen-bond acceptors (Lipinski definition) is 2. The Kier molecular flexibility index (Phi) is 4.05. The molecular weight excluding hydrogens is 240 g/mol. The second kappa shape index (κ2) is 5.36. The first-order valence-corrected chi connectivity index (χ1v) is 7.10. The molecule has 1 atom stereocenters. The molecule has 4 heteroatoms. The van der Waals surface area contributed by atoms with Crippen LogP contribution in [0.25, 0.3) is 0 Å². The second-order valence-corrected chi connectivity index (χ2v) is 5.27. The molecule has 0 saturated carbocycles. The molecule has 1 aromatic carbocycles. The van der Waals surface area contributed by atoms with Crippen LogP contribution in [0.3, 0.4) is 0 Å². The summed E-state index contributed by atoms with van der Waals surface area (Å²) in [6.07, 6.45) is 3.38. The van der Waals surface area contributed by atoms with Crippen molar-refractivity contribution >= 4 is 11.8 Å². The lowest BCUT2D eigenvalue weighted by atomic mass is 9.88. The fraction of sp³-hybridized carbons (Fsp3) is 0.538. The summed E-state index contributed by atoms with van der Waals surface area (Å²) in [7, 11) is 0. The Labute approximate surface area is 105 Å². The van der Waals surface area contributed by atoms with Crippen LogP contribution in [0.1, 0.15) is 18.4 Å². The second-order valence-electron chi connectivity index (χ2n) is 4.39. The maximum absolute atomic E-state index is 14.2. The van der Waals surface area contributed by atoms with Crippen molar-refractivity contribution in [3.8, 4) is 0 Å². The van der Waals surface area contributed by atoms with Gasteiger partial charge in [-0.25, -0.2) is 8.78 Å². The van der Waals surface area contributed by atoms with Gasteiger partial charge in [0.1, 0.15) is 0 Å². The Hall–Kier alpha value is -0.610. The van der Waals surface area contributed by atoms with Crippen molar-refractivity contribution in [2.24, 2.45) is 5.92 Å². The van der Waals surface area contributed by atoms with Crippen LogP contribution < -0.4 is 5.32 Å². The van der Waals surface area contributed by atoms with Crippen molar-refractivity contribution in [2.75, 3.05) is 19.3 Å². The third-order valence-corrected chi connectivity index (χ3v) is 4.03. The zero-order valence-corrected chi connectivity index (χ0v) is 10.7. The lowest BCUT2D eigenvalue weighted by Crippen LogP contribution is -2.39. The maximum Gasteiger partial charge on any atom is 0.277 e. The Bertz CT molecular complexity index is 358. The van der Waals surface area contributed by atoms with Gasteiger partial charge in [0.15, 0.2) is 0 Å². The fourth-order valence-electron chi connectivity index (χ4n) is 2.21. The molecule has 1 heterocycles. The molecule has 1 saturated heterocycles. The van der Waals surface area contributed by atoms with Gasteiger partial charge >= 0.3 is 0 Å². The summed E-state index contributed by atoms with van der Waals surface area (Å²) < 4.78 is 28.5. The number of nitrogens with one attached hydrogen (secondary N) is 1. The summed E-state index contributed by atoms with van der Waals surface area (Å²) in [6.45, 7) is 1.27. The zero-order valence-electron chi connectivity index (χ0n) is 9.88. The molecule has 0 spiro atoms. The smallest absolute Gasteiger partial charge is 0.277 e. The Morgan fingerprint density at radius 3 is 2.53 bits per heavy atom. The van der Waals surface area contributed by atoms with Gasteiger partial charge in [-0.05, 0) is 37.8 Å². The number of hydrogen-bond donors (Lipinski definition) is 1. The first-order valence-electron chi connectivity index (χ1n) is 5.87. The summed E-state index contributed by atoms with van der Waals surface area (Å²) >= 11 is 1.57. The molecule has 1 aliphatic rings. The molecule has 2 rings (SSSR count). The molecular formula is C13H17F2NS. The molecule has 1 aromatic rings. The predicted octanol–water partition coefficient (Wildman–Crippen LogP) is 3.50. The van der Waals surface area contributed by atoms with E-state index in [1.807, 2.05) is 6.26 Å². The average molecular weight is 257 g/mol. The molecule has 17 heavy (non-hydrogen) atoms. The summed E-state index contributed by atoms with van der Waals surface area (Å²) in [6, 6.07) is 6.65.